The van der Waals surface area contributed by atoms with Crippen LogP contribution >= 0.6 is 0 Å². The van der Waals surface area contributed by atoms with Gasteiger partial charge in [-0.2, -0.15) is 0 Å². The Morgan fingerprint density at radius 2 is 1.91 bits per heavy atom. The molecule has 2 aromatic rings. The van der Waals surface area contributed by atoms with Crippen LogP contribution in [0.2, 0.25) is 0 Å². The zero-order chi connectivity index (χ0) is 22.1. The second-order valence-corrected chi connectivity index (χ2v) is 9.01. The van der Waals surface area contributed by atoms with E-state index in [1.807, 2.05) is 0 Å². The summed E-state index contributed by atoms with van der Waals surface area (Å²) in [6, 6.07) is 4.64. The number of tetrazole rings is 1. The maximum Gasteiger partial charge on any atom is 0.333 e. The van der Waals surface area contributed by atoms with E-state index < -0.39 is 11.9 Å². The summed E-state index contributed by atoms with van der Waals surface area (Å²) in [4.78, 5) is 15.8. The topological polar surface area (TPSA) is 96.6 Å². The van der Waals surface area contributed by atoms with E-state index in [-0.39, 0.29) is 11.5 Å². The number of aliphatic hydroxyl groups is 1. The predicted octanol–water partition coefficient (Wildman–Crippen LogP) is 1.45. The van der Waals surface area contributed by atoms with Crippen molar-refractivity contribution in [1.29, 1.82) is 0 Å². The number of esters is 1. The van der Waals surface area contributed by atoms with Gasteiger partial charge < -0.3 is 19.6 Å². The van der Waals surface area contributed by atoms with E-state index in [9.17, 15) is 14.3 Å². The van der Waals surface area contributed by atoms with Gasteiger partial charge in [-0.25, -0.2) is 13.9 Å². The fraction of sp³-hybridized carbons (Fsp3) is 0.545. The highest BCUT2D eigenvalue weighted by Crippen LogP contribution is 2.42. The van der Waals surface area contributed by atoms with Crippen molar-refractivity contribution in [1.82, 2.24) is 30.0 Å². The third kappa shape index (κ3) is 4.24. The monoisotopic (exact) mass is 442 g/mol. The standard InChI is InChI=1S/C22H27FN6O3/c23-19-11-16(29-15-24-25-26-29)1-2-18(19)20(30)13-27-7-3-22(4-8-27)5-9-28(10-6-22)17-12-21(31)32-14-17/h1-2,11-12,15,20,30H,3-10,13-14H2/t20-/m1/s1. The maximum atomic E-state index is 14.6. The number of aliphatic hydroxyl groups excluding tert-OH is 1. The number of piperidine rings is 2. The zero-order valence-electron chi connectivity index (χ0n) is 17.9. The molecule has 170 valence electrons. The number of halogens is 1. The minimum atomic E-state index is -0.888. The van der Waals surface area contributed by atoms with E-state index in [4.69, 9.17) is 4.74 Å². The lowest BCUT2D eigenvalue weighted by molar-refractivity contribution is -0.135. The lowest BCUT2D eigenvalue weighted by Gasteiger charge is -2.47. The van der Waals surface area contributed by atoms with Gasteiger partial charge in [-0.15, -0.1) is 5.10 Å². The van der Waals surface area contributed by atoms with E-state index in [2.05, 4.69) is 25.3 Å². The lowest BCUT2D eigenvalue weighted by atomic mass is 9.71. The van der Waals surface area contributed by atoms with Crippen LogP contribution in [-0.2, 0) is 9.53 Å². The number of hydrogen-bond acceptors (Lipinski definition) is 8. The molecule has 0 saturated carbocycles. The van der Waals surface area contributed by atoms with Crippen LogP contribution in [0, 0.1) is 11.2 Å². The molecule has 0 unspecified atom stereocenters. The number of β-amino-alcohol motifs (C(OH)–C–C–N with tert-alkyl or cyclic N) is 1. The molecular weight excluding hydrogens is 415 g/mol. The van der Waals surface area contributed by atoms with E-state index in [0.717, 1.165) is 57.6 Å². The van der Waals surface area contributed by atoms with Gasteiger partial charge in [0.15, 0.2) is 0 Å². The van der Waals surface area contributed by atoms with Crippen molar-refractivity contribution >= 4 is 5.97 Å². The van der Waals surface area contributed by atoms with Gasteiger partial charge in [0.2, 0.25) is 0 Å². The third-order valence-electron chi connectivity index (χ3n) is 7.18. The van der Waals surface area contributed by atoms with Gasteiger partial charge in [0.1, 0.15) is 18.8 Å². The normalized spacial score (nSPS) is 22.1. The molecule has 0 radical (unpaired) electrons. The maximum absolute atomic E-state index is 14.6. The molecule has 0 amide bonds. The third-order valence-corrected chi connectivity index (χ3v) is 7.18. The highest BCUT2D eigenvalue weighted by Gasteiger charge is 2.38. The molecule has 1 aromatic heterocycles. The fourth-order valence-electron chi connectivity index (χ4n) is 5.08. The van der Waals surface area contributed by atoms with Crippen molar-refractivity contribution < 1.29 is 19.0 Å². The lowest BCUT2D eigenvalue weighted by Crippen LogP contribution is -2.47. The summed E-state index contributed by atoms with van der Waals surface area (Å²) < 4.78 is 21.0. The molecule has 3 aliphatic heterocycles. The van der Waals surface area contributed by atoms with Crippen molar-refractivity contribution in [2.75, 3.05) is 39.3 Å². The van der Waals surface area contributed by atoms with E-state index in [1.54, 1.807) is 18.2 Å². The number of likely N-dealkylation sites (tertiary alicyclic amines) is 2. The average Bonchev–Trinajstić information content (AvgIpc) is 3.48. The molecular formula is C22H27FN6O3. The van der Waals surface area contributed by atoms with Crippen LogP contribution in [0.1, 0.15) is 37.4 Å². The van der Waals surface area contributed by atoms with Gasteiger partial charge in [0.25, 0.3) is 0 Å². The Balaban J connectivity index is 1.14. The Kier molecular flexibility index (Phi) is 5.64. The van der Waals surface area contributed by atoms with Crippen molar-refractivity contribution in [3.63, 3.8) is 0 Å². The Hall–Kier alpha value is -2.85. The second kappa shape index (κ2) is 8.59. The highest BCUT2D eigenvalue weighted by molar-refractivity contribution is 5.85. The molecule has 0 aliphatic carbocycles. The minimum absolute atomic E-state index is 0.242. The average molecular weight is 442 g/mol. The van der Waals surface area contributed by atoms with Crippen molar-refractivity contribution in [2.24, 2.45) is 5.41 Å². The molecule has 1 aromatic carbocycles. The number of nitrogens with zero attached hydrogens (tertiary/aromatic N) is 6. The number of aromatic nitrogens is 4. The minimum Gasteiger partial charge on any atom is -0.456 e. The van der Waals surface area contributed by atoms with Gasteiger partial charge in [-0.1, -0.05) is 6.07 Å². The Morgan fingerprint density at radius 3 is 2.53 bits per heavy atom. The molecule has 3 aliphatic rings. The van der Waals surface area contributed by atoms with E-state index >= 15 is 0 Å². The van der Waals surface area contributed by atoms with Gasteiger partial charge in [0.05, 0.1) is 17.5 Å². The number of benzene rings is 1. The van der Waals surface area contributed by atoms with Gasteiger partial charge in [-0.05, 0) is 60.7 Å². The fourth-order valence-corrected chi connectivity index (χ4v) is 5.08. The number of carbonyl (C=O) groups excluding carboxylic acids is 1. The Morgan fingerprint density at radius 1 is 1.16 bits per heavy atom. The molecule has 10 heteroatoms. The predicted molar refractivity (Wildman–Crippen MR) is 112 cm³/mol. The van der Waals surface area contributed by atoms with E-state index in [0.29, 0.717) is 24.3 Å². The molecule has 4 heterocycles. The summed E-state index contributed by atoms with van der Waals surface area (Å²) in [5, 5.41) is 21.5. The molecule has 0 bridgehead atoms. The summed E-state index contributed by atoms with van der Waals surface area (Å²) in [5.74, 6) is -0.705. The van der Waals surface area contributed by atoms with Crippen LogP contribution in [0.3, 0.4) is 0 Å². The first-order valence-electron chi connectivity index (χ1n) is 11.1. The second-order valence-electron chi connectivity index (χ2n) is 9.01. The highest BCUT2D eigenvalue weighted by atomic mass is 19.1. The quantitative estimate of drug-likeness (QED) is 0.696. The summed E-state index contributed by atoms with van der Waals surface area (Å²) in [5.41, 5.74) is 2.12. The first-order chi connectivity index (χ1) is 15.5. The number of rotatable bonds is 5. The van der Waals surface area contributed by atoms with Gasteiger partial charge >= 0.3 is 5.97 Å². The summed E-state index contributed by atoms with van der Waals surface area (Å²) in [6.45, 7) is 4.49. The van der Waals surface area contributed by atoms with Crippen LogP contribution in [-0.4, -0.2) is 80.4 Å². The molecule has 32 heavy (non-hydrogen) atoms. The van der Waals surface area contributed by atoms with Crippen LogP contribution in [0.15, 0.2) is 36.3 Å². The number of hydrogen-bond donors (Lipinski definition) is 1. The first-order valence-corrected chi connectivity index (χ1v) is 11.1. The van der Waals surface area contributed by atoms with Crippen LogP contribution in [0.25, 0.3) is 5.69 Å². The summed E-state index contributed by atoms with van der Waals surface area (Å²) in [6.07, 6.45) is 6.46. The molecule has 1 spiro atoms. The molecule has 1 N–H and O–H groups in total. The van der Waals surface area contributed by atoms with Crippen LogP contribution in [0.5, 0.6) is 0 Å². The molecule has 9 nitrogen and oxygen atoms in total. The summed E-state index contributed by atoms with van der Waals surface area (Å²) in [7, 11) is 0. The van der Waals surface area contributed by atoms with E-state index in [1.165, 1.54) is 17.1 Å². The molecule has 2 saturated heterocycles. The smallest absolute Gasteiger partial charge is 0.333 e. The largest absolute Gasteiger partial charge is 0.456 e. The van der Waals surface area contributed by atoms with Gasteiger partial charge in [-0.3, -0.25) is 0 Å². The Bertz CT molecular complexity index is 993. The van der Waals surface area contributed by atoms with Crippen LogP contribution < -0.4 is 0 Å². The molecule has 1 atom stereocenters. The zero-order valence-corrected chi connectivity index (χ0v) is 17.9. The first kappa shape index (κ1) is 21.0. The SMILES string of the molecule is O=C1C=C(N2CCC3(CCN(C[C@@H](O)c4ccc(-n5cnnn5)cc4F)CC3)CC2)CO1. The number of carbonyl (C=O) groups is 1. The van der Waals surface area contributed by atoms with Crippen molar-refractivity contribution in [3.8, 4) is 5.69 Å². The van der Waals surface area contributed by atoms with Crippen LogP contribution in [0.4, 0.5) is 4.39 Å². The molecule has 5 rings (SSSR count). The number of ether oxygens (including phenoxy) is 1. The molecule has 2 fully saturated rings. The Labute approximate surface area is 185 Å². The van der Waals surface area contributed by atoms with Crippen molar-refractivity contribution in [2.45, 2.75) is 31.8 Å². The van der Waals surface area contributed by atoms with Crippen molar-refractivity contribution in [3.05, 3.63) is 47.7 Å². The number of cyclic esters (lactones) is 1. The van der Waals surface area contributed by atoms with Gasteiger partial charge in [0, 0.05) is 37.3 Å². The summed E-state index contributed by atoms with van der Waals surface area (Å²) >= 11 is 0.